The van der Waals surface area contributed by atoms with Crippen LogP contribution in [-0.4, -0.2) is 31.4 Å². The Morgan fingerprint density at radius 2 is 2.33 bits per heavy atom. The van der Waals surface area contributed by atoms with Gasteiger partial charge in [-0.05, 0) is 37.9 Å². The number of likely N-dealkylation sites (tertiary alicyclic amines) is 1. The number of nitrogens with one attached hydrogen (secondary N) is 2. The van der Waals surface area contributed by atoms with Crippen LogP contribution in [0.3, 0.4) is 0 Å². The van der Waals surface area contributed by atoms with E-state index in [0.29, 0.717) is 6.04 Å². The van der Waals surface area contributed by atoms with E-state index in [4.69, 9.17) is 4.98 Å². The number of aromatic amines is 1. The zero-order valence-corrected chi connectivity index (χ0v) is 14.4. The zero-order chi connectivity index (χ0) is 16.4. The molecule has 0 amide bonds. The minimum Gasteiger partial charge on any atom is -0.347 e. The maximum absolute atomic E-state index is 4.79. The van der Waals surface area contributed by atoms with Gasteiger partial charge in [-0.2, -0.15) is 0 Å². The van der Waals surface area contributed by atoms with Gasteiger partial charge in [-0.25, -0.2) is 15.0 Å². The predicted octanol–water partition coefficient (Wildman–Crippen LogP) is 3.65. The van der Waals surface area contributed by atoms with Crippen molar-refractivity contribution in [3.8, 4) is 0 Å². The fourth-order valence-electron chi connectivity index (χ4n) is 3.09. The van der Waals surface area contributed by atoms with Crippen LogP contribution in [0.25, 0.3) is 0 Å². The van der Waals surface area contributed by atoms with Crippen LogP contribution < -0.4 is 5.32 Å². The summed E-state index contributed by atoms with van der Waals surface area (Å²) in [6.07, 6.45) is 7.85. The summed E-state index contributed by atoms with van der Waals surface area (Å²) in [4.78, 5) is 18.9. The number of rotatable bonds is 5. The third-order valence-electron chi connectivity index (χ3n) is 4.30. The monoisotopic (exact) mass is 340 g/mol. The Kier molecular flexibility index (Phi) is 4.27. The Morgan fingerprint density at radius 3 is 3.12 bits per heavy atom. The van der Waals surface area contributed by atoms with Gasteiger partial charge in [-0.15, -0.1) is 11.3 Å². The number of aryl methyl sites for hydroxylation is 1. The van der Waals surface area contributed by atoms with Gasteiger partial charge in [0.25, 0.3) is 0 Å². The molecule has 1 atom stereocenters. The highest BCUT2D eigenvalue weighted by atomic mass is 32.1. The fraction of sp³-hybridized carbons (Fsp3) is 0.353. The molecule has 1 aliphatic heterocycles. The van der Waals surface area contributed by atoms with Gasteiger partial charge in [0.15, 0.2) is 5.13 Å². The summed E-state index contributed by atoms with van der Waals surface area (Å²) in [5.41, 5.74) is 3.45. The molecule has 2 N–H and O–H groups in total. The Hall–Kier alpha value is -2.25. The molecule has 1 saturated heterocycles. The molecule has 0 saturated carbocycles. The van der Waals surface area contributed by atoms with Crippen LogP contribution in [0, 0.1) is 6.92 Å². The number of hydrogen-bond donors (Lipinski definition) is 2. The van der Waals surface area contributed by atoms with Crippen LogP contribution in [0.2, 0.25) is 0 Å². The molecule has 1 aliphatic rings. The van der Waals surface area contributed by atoms with Gasteiger partial charge in [-0.1, -0.05) is 6.07 Å². The van der Waals surface area contributed by atoms with Crippen LogP contribution in [-0.2, 0) is 6.54 Å². The second-order valence-electron chi connectivity index (χ2n) is 6.13. The first-order valence-electron chi connectivity index (χ1n) is 8.14. The molecule has 3 aromatic heterocycles. The zero-order valence-electron chi connectivity index (χ0n) is 13.6. The van der Waals surface area contributed by atoms with E-state index in [-0.39, 0.29) is 0 Å². The van der Waals surface area contributed by atoms with Gasteiger partial charge in [0.1, 0.15) is 5.82 Å². The molecule has 0 unspecified atom stereocenters. The normalized spacial score (nSPS) is 18.1. The number of imidazole rings is 1. The highest BCUT2D eigenvalue weighted by Gasteiger charge is 2.28. The van der Waals surface area contributed by atoms with E-state index in [2.05, 4.69) is 30.5 Å². The Balaban J connectivity index is 1.46. The SMILES string of the molecule is Cc1ccc(Nc2nc([C@@H]3CCCN3Cc3cnc[nH]3)cs2)nc1. The second-order valence-corrected chi connectivity index (χ2v) is 6.99. The molecule has 124 valence electrons. The van der Waals surface area contributed by atoms with Crippen LogP contribution >= 0.6 is 11.3 Å². The van der Waals surface area contributed by atoms with Crippen molar-refractivity contribution in [1.82, 2.24) is 24.8 Å². The number of aromatic nitrogens is 4. The topological polar surface area (TPSA) is 69.7 Å². The molecule has 0 aromatic carbocycles. The molecule has 24 heavy (non-hydrogen) atoms. The van der Waals surface area contributed by atoms with Crippen molar-refractivity contribution in [3.05, 3.63) is 53.2 Å². The molecular formula is C17H20N6S. The van der Waals surface area contributed by atoms with Gasteiger partial charge in [0, 0.05) is 30.0 Å². The van der Waals surface area contributed by atoms with Crippen molar-refractivity contribution in [2.45, 2.75) is 32.4 Å². The van der Waals surface area contributed by atoms with Crippen molar-refractivity contribution in [2.75, 3.05) is 11.9 Å². The molecule has 4 heterocycles. The fourth-order valence-corrected chi connectivity index (χ4v) is 3.85. The van der Waals surface area contributed by atoms with Crippen LogP contribution in [0.4, 0.5) is 10.9 Å². The van der Waals surface area contributed by atoms with E-state index in [1.807, 2.05) is 31.5 Å². The number of anilines is 2. The summed E-state index contributed by atoms with van der Waals surface area (Å²) in [6, 6.07) is 4.41. The summed E-state index contributed by atoms with van der Waals surface area (Å²) >= 11 is 1.64. The van der Waals surface area contributed by atoms with E-state index in [9.17, 15) is 0 Å². The van der Waals surface area contributed by atoms with Crippen molar-refractivity contribution < 1.29 is 0 Å². The number of hydrogen-bond acceptors (Lipinski definition) is 6. The molecule has 1 fully saturated rings. The lowest BCUT2D eigenvalue weighted by Gasteiger charge is -2.22. The standard InChI is InChI=1S/C17H20N6S/c1-12-4-5-16(19-7-12)22-17-21-14(10-24-17)15-3-2-6-23(15)9-13-8-18-11-20-13/h4-5,7-8,10-11,15H,2-3,6,9H2,1H3,(H,18,20)(H,19,21,22)/t15-/m0/s1. The van der Waals surface area contributed by atoms with Crippen molar-refractivity contribution in [3.63, 3.8) is 0 Å². The van der Waals surface area contributed by atoms with Crippen molar-refractivity contribution in [2.24, 2.45) is 0 Å². The smallest absolute Gasteiger partial charge is 0.188 e. The molecule has 0 bridgehead atoms. The highest BCUT2D eigenvalue weighted by Crippen LogP contribution is 2.34. The summed E-state index contributed by atoms with van der Waals surface area (Å²) in [7, 11) is 0. The Labute approximate surface area is 145 Å². The number of pyridine rings is 1. The van der Waals surface area contributed by atoms with Crippen molar-refractivity contribution >= 4 is 22.3 Å². The molecule has 7 heteroatoms. The third-order valence-corrected chi connectivity index (χ3v) is 5.08. The largest absolute Gasteiger partial charge is 0.347 e. The lowest BCUT2D eigenvalue weighted by molar-refractivity contribution is 0.242. The van der Waals surface area contributed by atoms with Gasteiger partial charge in [0.2, 0.25) is 0 Å². The summed E-state index contributed by atoms with van der Waals surface area (Å²) in [6.45, 7) is 4.03. The Morgan fingerprint density at radius 1 is 1.38 bits per heavy atom. The first-order valence-corrected chi connectivity index (χ1v) is 9.02. The van der Waals surface area contributed by atoms with Crippen LogP contribution in [0.5, 0.6) is 0 Å². The molecule has 0 spiro atoms. The van der Waals surface area contributed by atoms with Gasteiger partial charge >= 0.3 is 0 Å². The second kappa shape index (κ2) is 6.70. The predicted molar refractivity (Wildman–Crippen MR) is 95.3 cm³/mol. The Bertz CT molecular complexity index is 780. The van der Waals surface area contributed by atoms with Crippen molar-refractivity contribution in [1.29, 1.82) is 0 Å². The molecule has 6 nitrogen and oxygen atoms in total. The number of H-pyrrole nitrogens is 1. The lowest BCUT2D eigenvalue weighted by atomic mass is 10.1. The molecule has 0 aliphatic carbocycles. The lowest BCUT2D eigenvalue weighted by Crippen LogP contribution is -2.23. The minimum atomic E-state index is 0.381. The molecule has 3 aromatic rings. The first kappa shape index (κ1) is 15.3. The van der Waals surface area contributed by atoms with Gasteiger partial charge < -0.3 is 10.3 Å². The minimum absolute atomic E-state index is 0.381. The van der Waals surface area contributed by atoms with Gasteiger partial charge in [0.05, 0.1) is 18.1 Å². The van der Waals surface area contributed by atoms with E-state index >= 15 is 0 Å². The summed E-state index contributed by atoms with van der Waals surface area (Å²) in [5.74, 6) is 0.835. The number of thiazole rings is 1. The highest BCUT2D eigenvalue weighted by molar-refractivity contribution is 7.13. The maximum Gasteiger partial charge on any atom is 0.188 e. The van der Waals surface area contributed by atoms with Crippen LogP contribution in [0.1, 0.15) is 35.8 Å². The summed E-state index contributed by atoms with van der Waals surface area (Å²) in [5, 5.41) is 6.35. The molecule has 0 radical (unpaired) electrons. The van der Waals surface area contributed by atoms with Gasteiger partial charge in [-0.3, -0.25) is 4.90 Å². The van der Waals surface area contributed by atoms with Crippen LogP contribution in [0.15, 0.2) is 36.2 Å². The average molecular weight is 340 g/mol. The molecule has 4 rings (SSSR count). The van der Waals surface area contributed by atoms with E-state index in [0.717, 1.165) is 47.4 Å². The van der Waals surface area contributed by atoms with E-state index in [1.165, 1.54) is 6.42 Å². The maximum atomic E-state index is 4.79. The average Bonchev–Trinajstić information content (AvgIpc) is 3.32. The first-order chi connectivity index (χ1) is 11.8. The quantitative estimate of drug-likeness (QED) is 0.742. The van der Waals surface area contributed by atoms with E-state index in [1.54, 1.807) is 17.7 Å². The number of nitrogens with zero attached hydrogens (tertiary/aromatic N) is 4. The molecular weight excluding hydrogens is 320 g/mol. The van der Waals surface area contributed by atoms with E-state index < -0.39 is 0 Å². The third kappa shape index (κ3) is 3.32. The summed E-state index contributed by atoms with van der Waals surface area (Å²) < 4.78 is 0.